The summed E-state index contributed by atoms with van der Waals surface area (Å²) in [6.45, 7) is 11.3. The zero-order chi connectivity index (χ0) is 12.2. The first-order valence-corrected chi connectivity index (χ1v) is 6.67. The van der Waals surface area contributed by atoms with Gasteiger partial charge < -0.3 is 10.1 Å². The van der Waals surface area contributed by atoms with E-state index < -0.39 is 0 Å². The smallest absolute Gasteiger partial charge is 0.0467 e. The van der Waals surface area contributed by atoms with Gasteiger partial charge in [-0.2, -0.15) is 0 Å². The first-order valence-electron chi connectivity index (χ1n) is 6.67. The summed E-state index contributed by atoms with van der Waals surface area (Å²) in [6.07, 6.45) is 3.88. The van der Waals surface area contributed by atoms with Gasteiger partial charge in [0.05, 0.1) is 0 Å². The largest absolute Gasteiger partial charge is 0.385 e. The molecule has 0 saturated heterocycles. The predicted octanol–water partition coefficient (Wildman–Crippen LogP) is 3.07. The molecule has 2 nitrogen and oxygen atoms in total. The molecular formula is C14H29NO. The van der Waals surface area contributed by atoms with Crippen molar-refractivity contribution in [2.75, 3.05) is 20.3 Å². The van der Waals surface area contributed by atoms with Gasteiger partial charge in [0.1, 0.15) is 0 Å². The monoisotopic (exact) mass is 227 g/mol. The van der Waals surface area contributed by atoms with Crippen molar-refractivity contribution in [2.45, 2.75) is 53.0 Å². The van der Waals surface area contributed by atoms with Crippen LogP contribution in [0.4, 0.5) is 0 Å². The van der Waals surface area contributed by atoms with Crippen LogP contribution in [0.15, 0.2) is 0 Å². The van der Waals surface area contributed by atoms with E-state index in [0.717, 1.165) is 37.5 Å². The Labute approximate surface area is 101 Å². The van der Waals surface area contributed by atoms with E-state index in [1.165, 1.54) is 12.8 Å². The Hall–Kier alpha value is -0.0800. The van der Waals surface area contributed by atoms with Gasteiger partial charge in [-0.15, -0.1) is 0 Å². The number of methoxy groups -OCH3 is 1. The van der Waals surface area contributed by atoms with E-state index in [1.807, 2.05) is 0 Å². The van der Waals surface area contributed by atoms with Gasteiger partial charge in [0, 0.05) is 26.3 Å². The van der Waals surface area contributed by atoms with E-state index in [0.29, 0.717) is 5.41 Å². The molecule has 96 valence electrons. The lowest BCUT2D eigenvalue weighted by Gasteiger charge is -2.40. The number of nitrogens with one attached hydrogen (secondary N) is 1. The molecule has 0 amide bonds. The summed E-state index contributed by atoms with van der Waals surface area (Å²) in [4.78, 5) is 0. The van der Waals surface area contributed by atoms with Crippen LogP contribution in [0.25, 0.3) is 0 Å². The minimum absolute atomic E-state index is 0.360. The summed E-state index contributed by atoms with van der Waals surface area (Å²) in [7, 11) is 1.78. The first-order chi connectivity index (χ1) is 7.44. The van der Waals surface area contributed by atoms with Gasteiger partial charge >= 0.3 is 0 Å². The molecule has 0 aromatic carbocycles. The average molecular weight is 227 g/mol. The minimum atomic E-state index is 0.360. The van der Waals surface area contributed by atoms with Crippen LogP contribution < -0.4 is 5.32 Å². The van der Waals surface area contributed by atoms with E-state index in [2.05, 4.69) is 33.0 Å². The molecule has 0 radical (unpaired) electrons. The Morgan fingerprint density at radius 1 is 1.31 bits per heavy atom. The van der Waals surface area contributed by atoms with Crippen molar-refractivity contribution >= 4 is 0 Å². The van der Waals surface area contributed by atoms with Crippen molar-refractivity contribution in [2.24, 2.45) is 17.3 Å². The Balaban J connectivity index is 2.11. The lowest BCUT2D eigenvalue weighted by Crippen LogP contribution is -2.46. The summed E-state index contributed by atoms with van der Waals surface area (Å²) in [6, 6.07) is 0.772. The average Bonchev–Trinajstić information content (AvgIpc) is 2.11. The molecule has 1 fully saturated rings. The number of rotatable bonds is 7. The third kappa shape index (κ3) is 4.42. The molecule has 1 aliphatic carbocycles. The molecule has 0 unspecified atom stereocenters. The fraction of sp³-hybridized carbons (Fsp3) is 1.00. The SMILES string of the molecule is COCCC(C)(C)CNC1CC(C(C)C)C1. The summed E-state index contributed by atoms with van der Waals surface area (Å²) < 4.78 is 5.15. The molecule has 2 heteroatoms. The van der Waals surface area contributed by atoms with Crippen molar-refractivity contribution in [3.8, 4) is 0 Å². The van der Waals surface area contributed by atoms with Crippen LogP contribution in [0.3, 0.4) is 0 Å². The van der Waals surface area contributed by atoms with E-state index in [4.69, 9.17) is 4.74 Å². The normalized spacial score (nSPS) is 25.9. The highest BCUT2D eigenvalue weighted by Crippen LogP contribution is 2.34. The Morgan fingerprint density at radius 2 is 1.94 bits per heavy atom. The van der Waals surface area contributed by atoms with Crippen LogP contribution in [-0.2, 0) is 4.74 Å². The lowest BCUT2D eigenvalue weighted by atomic mass is 9.73. The van der Waals surface area contributed by atoms with E-state index in [9.17, 15) is 0 Å². The highest BCUT2D eigenvalue weighted by atomic mass is 16.5. The Kier molecular flexibility index (Phi) is 5.26. The third-order valence-corrected chi connectivity index (χ3v) is 3.97. The van der Waals surface area contributed by atoms with Crippen molar-refractivity contribution in [3.05, 3.63) is 0 Å². The lowest BCUT2D eigenvalue weighted by molar-refractivity contribution is 0.128. The van der Waals surface area contributed by atoms with Crippen molar-refractivity contribution in [1.82, 2.24) is 5.32 Å². The van der Waals surface area contributed by atoms with Crippen molar-refractivity contribution in [1.29, 1.82) is 0 Å². The van der Waals surface area contributed by atoms with Gasteiger partial charge in [0.15, 0.2) is 0 Å². The zero-order valence-corrected chi connectivity index (χ0v) is 11.7. The maximum Gasteiger partial charge on any atom is 0.0467 e. The second-order valence-electron chi connectivity index (χ2n) is 6.46. The Bertz CT molecular complexity index is 195. The van der Waals surface area contributed by atoms with Crippen LogP contribution >= 0.6 is 0 Å². The van der Waals surface area contributed by atoms with Crippen LogP contribution in [0, 0.1) is 17.3 Å². The van der Waals surface area contributed by atoms with Crippen LogP contribution in [0.5, 0.6) is 0 Å². The second kappa shape index (κ2) is 6.02. The minimum Gasteiger partial charge on any atom is -0.385 e. The molecule has 16 heavy (non-hydrogen) atoms. The van der Waals surface area contributed by atoms with E-state index in [-0.39, 0.29) is 0 Å². The molecule has 1 rings (SSSR count). The standard InChI is InChI=1S/C14H29NO/c1-11(2)12-8-13(9-12)15-10-14(3,4)6-7-16-5/h11-13,15H,6-10H2,1-5H3. The number of ether oxygens (including phenoxy) is 1. The molecule has 1 aliphatic rings. The summed E-state index contributed by atoms with van der Waals surface area (Å²) >= 11 is 0. The van der Waals surface area contributed by atoms with Gasteiger partial charge in [0.25, 0.3) is 0 Å². The summed E-state index contributed by atoms with van der Waals surface area (Å²) in [5, 5.41) is 3.70. The molecular weight excluding hydrogens is 198 g/mol. The summed E-state index contributed by atoms with van der Waals surface area (Å²) in [5.74, 6) is 1.82. The fourth-order valence-corrected chi connectivity index (χ4v) is 2.26. The maximum absolute atomic E-state index is 5.15. The third-order valence-electron chi connectivity index (χ3n) is 3.97. The Morgan fingerprint density at radius 3 is 2.44 bits per heavy atom. The molecule has 0 heterocycles. The van der Waals surface area contributed by atoms with Crippen LogP contribution in [0.2, 0.25) is 0 Å². The van der Waals surface area contributed by atoms with Crippen LogP contribution in [-0.4, -0.2) is 26.3 Å². The van der Waals surface area contributed by atoms with Gasteiger partial charge in [-0.1, -0.05) is 27.7 Å². The fourth-order valence-electron chi connectivity index (χ4n) is 2.26. The number of hydrogen-bond acceptors (Lipinski definition) is 2. The molecule has 0 bridgehead atoms. The van der Waals surface area contributed by atoms with E-state index in [1.54, 1.807) is 7.11 Å². The van der Waals surface area contributed by atoms with Gasteiger partial charge in [-0.05, 0) is 36.5 Å². The molecule has 0 atom stereocenters. The van der Waals surface area contributed by atoms with Gasteiger partial charge in [0.2, 0.25) is 0 Å². The highest BCUT2D eigenvalue weighted by Gasteiger charge is 2.31. The zero-order valence-electron chi connectivity index (χ0n) is 11.7. The van der Waals surface area contributed by atoms with Crippen molar-refractivity contribution in [3.63, 3.8) is 0 Å². The topological polar surface area (TPSA) is 21.3 Å². The molecule has 1 saturated carbocycles. The molecule has 0 aromatic rings. The predicted molar refractivity (Wildman–Crippen MR) is 69.6 cm³/mol. The van der Waals surface area contributed by atoms with Gasteiger partial charge in [-0.25, -0.2) is 0 Å². The van der Waals surface area contributed by atoms with Crippen LogP contribution in [0.1, 0.15) is 47.0 Å². The summed E-state index contributed by atoms with van der Waals surface area (Å²) in [5.41, 5.74) is 0.360. The first kappa shape index (κ1) is 14.0. The quantitative estimate of drug-likeness (QED) is 0.721. The van der Waals surface area contributed by atoms with Crippen molar-refractivity contribution < 1.29 is 4.74 Å². The highest BCUT2D eigenvalue weighted by molar-refractivity contribution is 4.88. The molecule has 0 aliphatic heterocycles. The van der Waals surface area contributed by atoms with Gasteiger partial charge in [-0.3, -0.25) is 0 Å². The second-order valence-corrected chi connectivity index (χ2v) is 6.46. The molecule has 0 aromatic heterocycles. The molecule has 1 N–H and O–H groups in total. The number of hydrogen-bond donors (Lipinski definition) is 1. The molecule has 0 spiro atoms. The maximum atomic E-state index is 5.15. The van der Waals surface area contributed by atoms with E-state index >= 15 is 0 Å².